The maximum Gasteiger partial charge on any atom is 0.325 e. The molecular weight excluding hydrogens is 438 g/mol. The Bertz CT molecular complexity index is 1110. The second-order valence-electron chi connectivity index (χ2n) is 7.03. The molecule has 2 aromatic heterocycles. The molecule has 0 unspecified atom stereocenters. The molecule has 1 aromatic carbocycles. The predicted octanol–water partition coefficient (Wildman–Crippen LogP) is 3.55. The molecule has 0 bridgehead atoms. The van der Waals surface area contributed by atoms with Crippen LogP contribution in [0.3, 0.4) is 0 Å². The number of nitrogens with zero attached hydrogens (tertiary/aromatic N) is 3. The quantitative estimate of drug-likeness (QED) is 0.545. The first-order valence-corrected chi connectivity index (χ1v) is 11.7. The summed E-state index contributed by atoms with van der Waals surface area (Å²) in [5, 5.41) is 16.3. The van der Waals surface area contributed by atoms with Gasteiger partial charge in [-0.2, -0.15) is 0 Å². The number of aromatic nitrogens is 3. The summed E-state index contributed by atoms with van der Waals surface area (Å²) < 4.78 is 13.0. The molecule has 5 rings (SSSR count). The molecule has 1 fully saturated rings. The van der Waals surface area contributed by atoms with Crippen molar-refractivity contribution in [2.24, 2.45) is 0 Å². The van der Waals surface area contributed by atoms with Crippen molar-refractivity contribution >= 4 is 40.7 Å². The molecule has 31 heavy (non-hydrogen) atoms. The van der Waals surface area contributed by atoms with Gasteiger partial charge in [0, 0.05) is 17.8 Å². The van der Waals surface area contributed by atoms with E-state index in [0.29, 0.717) is 41.6 Å². The van der Waals surface area contributed by atoms with E-state index in [-0.39, 0.29) is 5.75 Å². The third-order valence-corrected chi connectivity index (χ3v) is 6.51. The SMILES string of the molecule is O=C(CSc1nnc(-c2cccs2)n1C1CC1)NC(=O)Nc1ccc2c(c1)OCCO2. The third-order valence-electron chi connectivity index (χ3n) is 4.70. The molecule has 0 saturated heterocycles. The highest BCUT2D eigenvalue weighted by Gasteiger charge is 2.30. The summed E-state index contributed by atoms with van der Waals surface area (Å²) in [6.07, 6.45) is 2.15. The number of fused-ring (bicyclic) bond motifs is 1. The lowest BCUT2D eigenvalue weighted by Crippen LogP contribution is -2.35. The number of thiophene rings is 1. The van der Waals surface area contributed by atoms with Crippen molar-refractivity contribution < 1.29 is 19.1 Å². The molecule has 160 valence electrons. The molecular formula is C20H19N5O4S2. The van der Waals surface area contributed by atoms with Crippen LogP contribution in [-0.4, -0.2) is 45.7 Å². The zero-order valence-corrected chi connectivity index (χ0v) is 18.0. The fourth-order valence-electron chi connectivity index (χ4n) is 3.19. The largest absolute Gasteiger partial charge is 0.486 e. The molecule has 3 amide bonds. The summed E-state index contributed by atoms with van der Waals surface area (Å²) in [7, 11) is 0. The number of benzene rings is 1. The minimum absolute atomic E-state index is 0.0594. The first-order chi connectivity index (χ1) is 15.2. The van der Waals surface area contributed by atoms with E-state index in [1.54, 1.807) is 29.5 Å². The van der Waals surface area contributed by atoms with E-state index in [1.807, 2.05) is 17.5 Å². The zero-order chi connectivity index (χ0) is 21.2. The van der Waals surface area contributed by atoms with Gasteiger partial charge in [-0.15, -0.1) is 21.5 Å². The minimum Gasteiger partial charge on any atom is -0.486 e. The van der Waals surface area contributed by atoms with Gasteiger partial charge in [0.1, 0.15) is 13.2 Å². The van der Waals surface area contributed by atoms with Crippen molar-refractivity contribution in [3.63, 3.8) is 0 Å². The summed E-state index contributed by atoms with van der Waals surface area (Å²) in [5.74, 6) is 1.67. The van der Waals surface area contributed by atoms with Gasteiger partial charge in [-0.1, -0.05) is 17.8 Å². The molecule has 0 radical (unpaired) electrons. The highest BCUT2D eigenvalue weighted by atomic mass is 32.2. The Morgan fingerprint density at radius 1 is 1.16 bits per heavy atom. The molecule has 3 heterocycles. The summed E-state index contributed by atoms with van der Waals surface area (Å²) in [4.78, 5) is 25.5. The van der Waals surface area contributed by atoms with E-state index >= 15 is 0 Å². The van der Waals surface area contributed by atoms with Gasteiger partial charge < -0.3 is 14.8 Å². The van der Waals surface area contributed by atoms with Crippen molar-refractivity contribution in [3.05, 3.63) is 35.7 Å². The predicted molar refractivity (Wildman–Crippen MR) is 117 cm³/mol. The van der Waals surface area contributed by atoms with E-state index < -0.39 is 11.9 Å². The summed E-state index contributed by atoms with van der Waals surface area (Å²) in [5.41, 5.74) is 0.510. The van der Waals surface area contributed by atoms with Gasteiger partial charge in [-0.25, -0.2) is 4.79 Å². The fraction of sp³-hybridized carbons (Fsp3) is 0.300. The van der Waals surface area contributed by atoms with Crippen molar-refractivity contribution in [2.45, 2.75) is 24.0 Å². The number of hydrogen-bond donors (Lipinski definition) is 2. The number of ether oxygens (including phenoxy) is 2. The van der Waals surface area contributed by atoms with E-state index in [0.717, 1.165) is 23.5 Å². The van der Waals surface area contributed by atoms with Crippen molar-refractivity contribution in [3.8, 4) is 22.2 Å². The molecule has 3 aromatic rings. The Morgan fingerprint density at radius 2 is 2.00 bits per heavy atom. The first kappa shape index (κ1) is 19.9. The van der Waals surface area contributed by atoms with Gasteiger partial charge in [-0.05, 0) is 36.4 Å². The third kappa shape index (κ3) is 4.52. The Kier molecular flexibility index (Phi) is 5.51. The molecule has 2 N–H and O–H groups in total. The second kappa shape index (κ2) is 8.60. The maximum atomic E-state index is 12.3. The number of anilines is 1. The number of urea groups is 1. The second-order valence-corrected chi connectivity index (χ2v) is 8.92. The number of amides is 3. The number of hydrogen-bond acceptors (Lipinski definition) is 8. The van der Waals surface area contributed by atoms with Gasteiger partial charge in [0.15, 0.2) is 22.5 Å². The van der Waals surface area contributed by atoms with E-state index in [4.69, 9.17) is 9.47 Å². The molecule has 1 aliphatic carbocycles. The molecule has 1 aliphatic heterocycles. The molecule has 11 heteroatoms. The maximum absolute atomic E-state index is 12.3. The summed E-state index contributed by atoms with van der Waals surface area (Å²) in [6.45, 7) is 0.952. The van der Waals surface area contributed by atoms with E-state index in [1.165, 1.54) is 11.8 Å². The lowest BCUT2D eigenvalue weighted by atomic mass is 10.2. The monoisotopic (exact) mass is 457 g/mol. The average Bonchev–Trinajstić information content (AvgIpc) is 3.29. The molecule has 9 nitrogen and oxygen atoms in total. The standard InChI is InChI=1S/C20H19N5O4S2/c26-17(22-19(27)21-12-3-6-14-15(10-12)29-8-7-28-14)11-31-20-24-23-18(16-2-1-9-30-16)25(20)13-4-5-13/h1-3,6,9-10,13H,4-5,7-8,11H2,(H2,21,22,26,27). The first-order valence-electron chi connectivity index (χ1n) is 9.79. The fourth-order valence-corrected chi connectivity index (χ4v) is 4.70. The Morgan fingerprint density at radius 3 is 2.77 bits per heavy atom. The van der Waals surface area contributed by atoms with Crippen LogP contribution >= 0.6 is 23.1 Å². The number of nitrogens with one attached hydrogen (secondary N) is 2. The molecule has 1 saturated carbocycles. The number of carbonyl (C=O) groups excluding carboxylic acids is 2. The van der Waals surface area contributed by atoms with Crippen LogP contribution in [0.5, 0.6) is 11.5 Å². The number of rotatable bonds is 6. The number of imide groups is 1. The molecule has 2 aliphatic rings. The van der Waals surface area contributed by atoms with Gasteiger partial charge >= 0.3 is 6.03 Å². The molecule has 0 spiro atoms. The van der Waals surface area contributed by atoms with Crippen molar-refractivity contribution in [1.82, 2.24) is 20.1 Å². The van der Waals surface area contributed by atoms with Crippen LogP contribution in [0.25, 0.3) is 10.7 Å². The highest BCUT2D eigenvalue weighted by Crippen LogP contribution is 2.41. The summed E-state index contributed by atoms with van der Waals surface area (Å²) in [6, 6.07) is 8.83. The van der Waals surface area contributed by atoms with Crippen LogP contribution < -0.4 is 20.1 Å². The average molecular weight is 458 g/mol. The lowest BCUT2D eigenvalue weighted by molar-refractivity contribution is -0.117. The molecule has 0 atom stereocenters. The Hall–Kier alpha value is -3.05. The smallest absolute Gasteiger partial charge is 0.325 e. The topological polar surface area (TPSA) is 107 Å². The minimum atomic E-state index is -0.606. The Balaban J connectivity index is 1.18. The van der Waals surface area contributed by atoms with Crippen LogP contribution in [0.4, 0.5) is 10.5 Å². The van der Waals surface area contributed by atoms with Gasteiger partial charge in [0.2, 0.25) is 5.91 Å². The van der Waals surface area contributed by atoms with E-state index in [9.17, 15) is 9.59 Å². The Labute approximate surface area is 186 Å². The zero-order valence-electron chi connectivity index (χ0n) is 16.4. The number of thioether (sulfide) groups is 1. The van der Waals surface area contributed by atoms with Gasteiger partial charge in [0.25, 0.3) is 0 Å². The normalized spacial score (nSPS) is 14.8. The van der Waals surface area contributed by atoms with Gasteiger partial charge in [0.05, 0.1) is 10.6 Å². The van der Waals surface area contributed by atoms with Gasteiger partial charge in [-0.3, -0.25) is 14.7 Å². The van der Waals surface area contributed by atoms with Crippen LogP contribution in [0, 0.1) is 0 Å². The number of carbonyl (C=O) groups is 2. The van der Waals surface area contributed by atoms with E-state index in [2.05, 4.69) is 25.4 Å². The highest BCUT2D eigenvalue weighted by molar-refractivity contribution is 7.99. The van der Waals surface area contributed by atoms with Crippen molar-refractivity contribution in [1.29, 1.82) is 0 Å². The summed E-state index contributed by atoms with van der Waals surface area (Å²) >= 11 is 2.88. The van der Waals surface area contributed by atoms with Crippen LogP contribution in [0.15, 0.2) is 40.9 Å². The van der Waals surface area contributed by atoms with Crippen LogP contribution in [0.1, 0.15) is 18.9 Å². The van der Waals surface area contributed by atoms with Crippen molar-refractivity contribution in [2.75, 3.05) is 24.3 Å². The lowest BCUT2D eigenvalue weighted by Gasteiger charge is -2.19. The van der Waals surface area contributed by atoms with Crippen LogP contribution in [0.2, 0.25) is 0 Å². The van der Waals surface area contributed by atoms with Crippen LogP contribution in [-0.2, 0) is 4.79 Å².